The fourth-order valence-electron chi connectivity index (χ4n) is 2.30. The van der Waals surface area contributed by atoms with Crippen LogP contribution in [0.1, 0.15) is 23.6 Å². The Balaban J connectivity index is 2.10. The summed E-state index contributed by atoms with van der Waals surface area (Å²) in [4.78, 5) is 0. The highest BCUT2D eigenvalue weighted by Gasteiger charge is 2.38. The van der Waals surface area contributed by atoms with Crippen molar-refractivity contribution in [2.75, 3.05) is 6.61 Å². The number of aliphatic hydroxyl groups excluding tert-OH is 1. The zero-order chi connectivity index (χ0) is 10.4. The number of aromatic nitrogens is 2. The first-order chi connectivity index (χ1) is 7.29. The molecule has 78 valence electrons. The molecule has 3 heteroatoms. The molecule has 0 amide bonds. The van der Waals surface area contributed by atoms with Crippen LogP contribution in [0.3, 0.4) is 0 Å². The van der Waals surface area contributed by atoms with Crippen molar-refractivity contribution in [3.63, 3.8) is 0 Å². The van der Waals surface area contributed by atoms with Gasteiger partial charge in [-0.15, -0.1) is 0 Å². The lowest BCUT2D eigenvalue weighted by Crippen LogP contribution is -1.93. The molecule has 1 N–H and O–H groups in total. The highest BCUT2D eigenvalue weighted by Crippen LogP contribution is 2.48. The Morgan fingerprint density at radius 3 is 3.20 bits per heavy atom. The van der Waals surface area contributed by atoms with Gasteiger partial charge in [-0.1, -0.05) is 6.07 Å². The number of aliphatic hydroxyl groups is 1. The molecular formula is C12H14N2O. The molecule has 0 radical (unpaired) electrons. The largest absolute Gasteiger partial charge is 0.396 e. The van der Waals surface area contributed by atoms with Crippen LogP contribution in [-0.2, 0) is 0 Å². The summed E-state index contributed by atoms with van der Waals surface area (Å²) in [6, 6.07) is 6.29. The highest BCUT2D eigenvalue weighted by molar-refractivity contribution is 5.58. The minimum Gasteiger partial charge on any atom is -0.396 e. The Bertz CT molecular complexity index is 503. The van der Waals surface area contributed by atoms with Crippen LogP contribution in [0.25, 0.3) is 5.52 Å². The first-order valence-corrected chi connectivity index (χ1v) is 5.35. The van der Waals surface area contributed by atoms with Crippen LogP contribution in [0.4, 0.5) is 0 Å². The number of fused-ring (bicyclic) bond motifs is 1. The van der Waals surface area contributed by atoms with Crippen molar-refractivity contribution in [3.05, 3.63) is 35.7 Å². The van der Waals surface area contributed by atoms with Crippen molar-refractivity contribution >= 4 is 5.52 Å². The van der Waals surface area contributed by atoms with Gasteiger partial charge < -0.3 is 5.11 Å². The lowest BCUT2D eigenvalue weighted by molar-refractivity contribution is 0.274. The molecule has 0 aliphatic heterocycles. The highest BCUT2D eigenvalue weighted by atomic mass is 16.3. The topological polar surface area (TPSA) is 37.5 Å². The van der Waals surface area contributed by atoms with Crippen molar-refractivity contribution in [3.8, 4) is 0 Å². The Morgan fingerprint density at radius 1 is 1.60 bits per heavy atom. The van der Waals surface area contributed by atoms with Crippen LogP contribution in [0.15, 0.2) is 24.4 Å². The minimum atomic E-state index is 0.304. The molecule has 15 heavy (non-hydrogen) atoms. The van der Waals surface area contributed by atoms with E-state index >= 15 is 0 Å². The zero-order valence-corrected chi connectivity index (χ0v) is 8.72. The van der Waals surface area contributed by atoms with Gasteiger partial charge in [0.25, 0.3) is 0 Å². The summed E-state index contributed by atoms with van der Waals surface area (Å²) in [5.74, 6) is 1.00. The molecular weight excluding hydrogens is 188 g/mol. The summed E-state index contributed by atoms with van der Waals surface area (Å²) in [5, 5.41) is 13.5. The third-order valence-corrected chi connectivity index (χ3v) is 3.21. The number of hydrogen-bond acceptors (Lipinski definition) is 2. The van der Waals surface area contributed by atoms with E-state index in [0.717, 1.165) is 12.1 Å². The first-order valence-electron chi connectivity index (χ1n) is 5.35. The summed E-state index contributed by atoms with van der Waals surface area (Å²) >= 11 is 0. The predicted octanol–water partition coefficient (Wildman–Crippen LogP) is 1.74. The van der Waals surface area contributed by atoms with Crippen molar-refractivity contribution in [2.24, 2.45) is 5.92 Å². The number of pyridine rings is 1. The molecule has 0 saturated heterocycles. The van der Waals surface area contributed by atoms with Gasteiger partial charge in [0.2, 0.25) is 0 Å². The number of hydrogen-bond donors (Lipinski definition) is 1. The molecule has 0 bridgehead atoms. The minimum absolute atomic E-state index is 0.304. The fraction of sp³-hybridized carbons (Fsp3) is 0.417. The summed E-state index contributed by atoms with van der Waals surface area (Å²) in [7, 11) is 0. The van der Waals surface area contributed by atoms with Crippen LogP contribution < -0.4 is 0 Å². The Morgan fingerprint density at radius 2 is 2.47 bits per heavy atom. The third-order valence-electron chi connectivity index (χ3n) is 3.21. The fourth-order valence-corrected chi connectivity index (χ4v) is 2.30. The summed E-state index contributed by atoms with van der Waals surface area (Å²) in [6.45, 7) is 2.31. The molecule has 3 rings (SSSR count). The normalized spacial score (nSPS) is 24.7. The number of nitrogens with zero attached hydrogens (tertiary/aromatic N) is 2. The Hall–Kier alpha value is -1.35. The average molecular weight is 202 g/mol. The van der Waals surface area contributed by atoms with Crippen LogP contribution in [0.5, 0.6) is 0 Å². The third kappa shape index (κ3) is 1.35. The predicted molar refractivity (Wildman–Crippen MR) is 57.9 cm³/mol. The van der Waals surface area contributed by atoms with E-state index < -0.39 is 0 Å². The molecule has 2 heterocycles. The van der Waals surface area contributed by atoms with Crippen molar-refractivity contribution in [1.29, 1.82) is 0 Å². The lowest BCUT2D eigenvalue weighted by atomic mass is 10.1. The van der Waals surface area contributed by atoms with E-state index in [2.05, 4.69) is 17.2 Å². The van der Waals surface area contributed by atoms with E-state index in [-0.39, 0.29) is 0 Å². The SMILES string of the molecule is Cc1cc2c([C@@H]3C[C@H]3CO)cccn2n1. The van der Waals surface area contributed by atoms with Crippen molar-refractivity contribution in [2.45, 2.75) is 19.3 Å². The second-order valence-corrected chi connectivity index (χ2v) is 4.36. The van der Waals surface area contributed by atoms with E-state index in [1.807, 2.05) is 23.7 Å². The van der Waals surface area contributed by atoms with E-state index in [4.69, 9.17) is 5.11 Å². The smallest absolute Gasteiger partial charge is 0.0699 e. The van der Waals surface area contributed by atoms with E-state index in [1.165, 1.54) is 11.1 Å². The van der Waals surface area contributed by atoms with E-state index in [0.29, 0.717) is 18.4 Å². The molecule has 0 aromatic carbocycles. The second-order valence-electron chi connectivity index (χ2n) is 4.36. The van der Waals surface area contributed by atoms with E-state index in [1.54, 1.807) is 0 Å². The number of aryl methyl sites for hydroxylation is 1. The van der Waals surface area contributed by atoms with Gasteiger partial charge in [0, 0.05) is 12.8 Å². The van der Waals surface area contributed by atoms with Gasteiger partial charge in [-0.2, -0.15) is 5.10 Å². The lowest BCUT2D eigenvalue weighted by Gasteiger charge is -2.01. The molecule has 1 aliphatic rings. The molecule has 2 aromatic rings. The van der Waals surface area contributed by atoms with Gasteiger partial charge in [0.15, 0.2) is 0 Å². The first kappa shape index (κ1) is 8.92. The van der Waals surface area contributed by atoms with Crippen LogP contribution in [0.2, 0.25) is 0 Å². The van der Waals surface area contributed by atoms with Crippen LogP contribution in [0, 0.1) is 12.8 Å². The standard InChI is InChI=1S/C12H14N2O/c1-8-5-12-10(11-6-9(11)7-15)3-2-4-14(12)13-8/h2-5,9,11,15H,6-7H2,1H3/t9-,11+/m0/s1. The maximum absolute atomic E-state index is 9.09. The van der Waals surface area contributed by atoms with Gasteiger partial charge >= 0.3 is 0 Å². The van der Waals surface area contributed by atoms with E-state index in [9.17, 15) is 0 Å². The number of rotatable bonds is 2. The molecule has 1 aliphatic carbocycles. The monoisotopic (exact) mass is 202 g/mol. The van der Waals surface area contributed by atoms with Crippen LogP contribution in [-0.4, -0.2) is 21.3 Å². The maximum Gasteiger partial charge on any atom is 0.0699 e. The van der Waals surface area contributed by atoms with Crippen LogP contribution >= 0.6 is 0 Å². The van der Waals surface area contributed by atoms with Crippen molar-refractivity contribution in [1.82, 2.24) is 9.61 Å². The quantitative estimate of drug-likeness (QED) is 0.805. The van der Waals surface area contributed by atoms with Gasteiger partial charge in [0.1, 0.15) is 0 Å². The van der Waals surface area contributed by atoms with Gasteiger partial charge in [0.05, 0.1) is 11.2 Å². The van der Waals surface area contributed by atoms with Gasteiger partial charge in [-0.3, -0.25) is 0 Å². The molecule has 2 aromatic heterocycles. The van der Waals surface area contributed by atoms with Gasteiger partial charge in [-0.25, -0.2) is 4.52 Å². The summed E-state index contributed by atoms with van der Waals surface area (Å²) in [5.41, 5.74) is 3.57. The molecule has 1 saturated carbocycles. The summed E-state index contributed by atoms with van der Waals surface area (Å²) in [6.07, 6.45) is 3.09. The molecule has 0 unspecified atom stereocenters. The van der Waals surface area contributed by atoms with Gasteiger partial charge in [-0.05, 0) is 42.9 Å². The Labute approximate surface area is 88.4 Å². The average Bonchev–Trinajstić information content (AvgIpc) is 2.91. The molecule has 3 nitrogen and oxygen atoms in total. The maximum atomic E-state index is 9.09. The molecule has 0 spiro atoms. The summed E-state index contributed by atoms with van der Waals surface area (Å²) < 4.78 is 1.93. The molecule has 1 fully saturated rings. The zero-order valence-electron chi connectivity index (χ0n) is 8.72. The Kier molecular flexibility index (Phi) is 1.83. The van der Waals surface area contributed by atoms with Crippen molar-refractivity contribution < 1.29 is 5.11 Å². The second kappa shape index (κ2) is 3.07. The molecule has 2 atom stereocenters.